The maximum Gasteiger partial charge on any atom is 0.513 e. The number of ether oxygens (including phenoxy) is 2. The van der Waals surface area contributed by atoms with Gasteiger partial charge in [-0.2, -0.15) is 0 Å². The molecule has 10 heteroatoms. The van der Waals surface area contributed by atoms with Crippen molar-refractivity contribution >= 4 is 38.0 Å². The van der Waals surface area contributed by atoms with Crippen molar-refractivity contribution in [2.75, 3.05) is 20.2 Å². The Bertz CT molecular complexity index is 1470. The zero-order valence-corrected chi connectivity index (χ0v) is 18.9. The zero-order valence-electron chi connectivity index (χ0n) is 18.1. The predicted molar refractivity (Wildman–Crippen MR) is 124 cm³/mol. The lowest BCUT2D eigenvalue weighted by atomic mass is 10.1. The Morgan fingerprint density at radius 3 is 2.61 bits per heavy atom. The van der Waals surface area contributed by atoms with Crippen LogP contribution in [0.4, 0.5) is 4.79 Å². The van der Waals surface area contributed by atoms with Gasteiger partial charge in [-0.3, -0.25) is 4.79 Å². The molecule has 0 spiro atoms. The Kier molecular flexibility index (Phi) is 6.21. The van der Waals surface area contributed by atoms with Crippen LogP contribution in [0.25, 0.3) is 21.8 Å². The van der Waals surface area contributed by atoms with Gasteiger partial charge in [-0.15, -0.1) is 0 Å². The second-order valence-corrected chi connectivity index (χ2v) is 9.46. The number of benzene rings is 2. The van der Waals surface area contributed by atoms with Crippen molar-refractivity contribution in [2.24, 2.45) is 0 Å². The highest BCUT2D eigenvalue weighted by molar-refractivity contribution is 7.89. The van der Waals surface area contributed by atoms with E-state index in [4.69, 9.17) is 9.47 Å². The third-order valence-corrected chi connectivity index (χ3v) is 7.15. The molecule has 33 heavy (non-hydrogen) atoms. The van der Waals surface area contributed by atoms with Crippen molar-refractivity contribution in [1.82, 2.24) is 14.3 Å². The molecule has 2 heterocycles. The maximum atomic E-state index is 13.2. The molecule has 0 aliphatic carbocycles. The molecule has 0 aliphatic heterocycles. The summed E-state index contributed by atoms with van der Waals surface area (Å²) in [6, 6.07) is 14.0. The second-order valence-electron chi connectivity index (χ2n) is 7.41. The number of carbonyl (C=O) groups is 1. The summed E-state index contributed by atoms with van der Waals surface area (Å²) in [4.78, 5) is 29.8. The Balaban J connectivity index is 1.73. The molecule has 4 aromatic rings. The molecule has 172 valence electrons. The van der Waals surface area contributed by atoms with Crippen LogP contribution in [0.3, 0.4) is 0 Å². The molecule has 0 radical (unpaired) electrons. The highest BCUT2D eigenvalue weighted by atomic mass is 32.2. The molecule has 0 bridgehead atoms. The number of aromatic amines is 2. The van der Waals surface area contributed by atoms with E-state index >= 15 is 0 Å². The molecule has 4 rings (SSSR count). The average Bonchev–Trinajstić information content (AvgIpc) is 3.22. The predicted octanol–water partition coefficient (Wildman–Crippen LogP) is 3.41. The number of hydrogen-bond donors (Lipinski definition) is 2. The van der Waals surface area contributed by atoms with E-state index in [2.05, 4.69) is 9.97 Å². The van der Waals surface area contributed by atoms with Crippen LogP contribution in [-0.4, -0.2) is 49.0 Å². The van der Waals surface area contributed by atoms with Crippen molar-refractivity contribution in [3.63, 3.8) is 0 Å². The van der Waals surface area contributed by atoms with Gasteiger partial charge in [0, 0.05) is 30.7 Å². The number of likely N-dealkylation sites (N-methyl/N-ethyl adjacent to an activating group) is 1. The van der Waals surface area contributed by atoms with Gasteiger partial charge in [-0.25, -0.2) is 17.5 Å². The van der Waals surface area contributed by atoms with Gasteiger partial charge in [0.1, 0.15) is 5.52 Å². The first-order valence-electron chi connectivity index (χ1n) is 10.3. The lowest BCUT2D eigenvalue weighted by Crippen LogP contribution is -2.29. The smallest absolute Gasteiger partial charge is 0.434 e. The molecule has 0 fully saturated rings. The number of nitrogens with one attached hydrogen (secondary N) is 2. The minimum atomic E-state index is -3.81. The Hall–Kier alpha value is -3.63. The van der Waals surface area contributed by atoms with Gasteiger partial charge in [0.2, 0.25) is 10.0 Å². The zero-order chi connectivity index (χ0) is 23.6. The summed E-state index contributed by atoms with van der Waals surface area (Å²) in [6.45, 7) is 2.06. The SMILES string of the molecule is CCOC(=O)Oc1c[nH]c2c(=O)[nH]c3ccc(S(=O)(=O)N(C)CCc4ccccc4)cc3c12. The number of nitrogens with zero attached hydrogens (tertiary/aromatic N) is 1. The summed E-state index contributed by atoms with van der Waals surface area (Å²) in [7, 11) is -2.28. The van der Waals surface area contributed by atoms with Crippen LogP contribution in [-0.2, 0) is 21.2 Å². The quantitative estimate of drug-likeness (QED) is 0.400. The molecule has 2 aromatic carbocycles. The molecular formula is C23H23N3O6S. The molecule has 0 saturated heterocycles. The first-order valence-corrected chi connectivity index (χ1v) is 11.8. The monoisotopic (exact) mass is 469 g/mol. The summed E-state index contributed by atoms with van der Waals surface area (Å²) in [5.74, 6) is 0.0755. The summed E-state index contributed by atoms with van der Waals surface area (Å²) >= 11 is 0. The van der Waals surface area contributed by atoms with E-state index in [1.54, 1.807) is 6.92 Å². The van der Waals surface area contributed by atoms with Gasteiger partial charge in [-0.05, 0) is 37.1 Å². The highest BCUT2D eigenvalue weighted by Crippen LogP contribution is 2.32. The lowest BCUT2D eigenvalue weighted by Gasteiger charge is -2.17. The van der Waals surface area contributed by atoms with Gasteiger partial charge in [0.25, 0.3) is 5.56 Å². The molecule has 0 unspecified atom stereocenters. The number of hydrogen-bond acceptors (Lipinski definition) is 6. The minimum Gasteiger partial charge on any atom is -0.434 e. The molecule has 2 aromatic heterocycles. The fourth-order valence-corrected chi connectivity index (χ4v) is 4.78. The Morgan fingerprint density at radius 1 is 1.12 bits per heavy atom. The second kappa shape index (κ2) is 9.08. The number of fused-ring (bicyclic) bond motifs is 3. The molecule has 2 N–H and O–H groups in total. The van der Waals surface area contributed by atoms with Crippen molar-refractivity contribution in [2.45, 2.75) is 18.2 Å². The topological polar surface area (TPSA) is 122 Å². The summed E-state index contributed by atoms with van der Waals surface area (Å²) < 4.78 is 37.8. The Labute approximate surface area is 190 Å². The first-order chi connectivity index (χ1) is 15.8. The van der Waals surface area contributed by atoms with Gasteiger partial charge in [0.15, 0.2) is 5.75 Å². The minimum absolute atomic E-state index is 0.0576. The van der Waals surface area contributed by atoms with Crippen molar-refractivity contribution in [3.8, 4) is 5.75 Å². The van der Waals surface area contributed by atoms with E-state index in [-0.39, 0.29) is 22.8 Å². The van der Waals surface area contributed by atoms with Crippen molar-refractivity contribution < 1.29 is 22.7 Å². The molecule has 0 atom stereocenters. The van der Waals surface area contributed by atoms with Gasteiger partial charge >= 0.3 is 6.16 Å². The van der Waals surface area contributed by atoms with E-state index < -0.39 is 21.7 Å². The van der Waals surface area contributed by atoms with E-state index in [1.807, 2.05) is 30.3 Å². The highest BCUT2D eigenvalue weighted by Gasteiger charge is 2.23. The lowest BCUT2D eigenvalue weighted by molar-refractivity contribution is 0.105. The molecule has 0 saturated carbocycles. The number of carbonyl (C=O) groups excluding carboxylic acids is 1. The van der Waals surface area contributed by atoms with Crippen LogP contribution in [0.1, 0.15) is 12.5 Å². The average molecular weight is 470 g/mol. The number of sulfonamides is 1. The van der Waals surface area contributed by atoms with E-state index in [0.717, 1.165) is 5.56 Å². The largest absolute Gasteiger partial charge is 0.513 e. The van der Waals surface area contributed by atoms with Gasteiger partial charge < -0.3 is 19.4 Å². The van der Waals surface area contributed by atoms with E-state index in [9.17, 15) is 18.0 Å². The molecule has 0 aliphatic rings. The van der Waals surface area contributed by atoms with E-state index in [1.165, 1.54) is 35.7 Å². The summed E-state index contributed by atoms with van der Waals surface area (Å²) in [5, 5.41) is 0.716. The standard InChI is InChI=1S/C23H23N3O6S/c1-3-31-23(28)32-19-14-24-21-20(19)17-13-16(9-10-18(17)25-22(21)27)33(29,30)26(2)12-11-15-7-5-4-6-8-15/h4-10,13-14,24H,3,11-12H2,1-2H3,(H,25,27). The summed E-state index contributed by atoms with van der Waals surface area (Å²) in [6.07, 6.45) is 1.01. The van der Waals surface area contributed by atoms with Crippen LogP contribution in [0.15, 0.2) is 64.4 Å². The van der Waals surface area contributed by atoms with Gasteiger partial charge in [0.05, 0.1) is 16.9 Å². The normalized spacial score (nSPS) is 11.8. The van der Waals surface area contributed by atoms with Crippen molar-refractivity contribution in [3.05, 3.63) is 70.6 Å². The molecule has 0 amide bonds. The Morgan fingerprint density at radius 2 is 1.88 bits per heavy atom. The van der Waals surface area contributed by atoms with E-state index in [0.29, 0.717) is 29.3 Å². The van der Waals surface area contributed by atoms with Crippen LogP contribution in [0.5, 0.6) is 5.75 Å². The number of pyridine rings is 1. The third kappa shape index (κ3) is 4.48. The fraction of sp³-hybridized carbons (Fsp3) is 0.217. The third-order valence-electron chi connectivity index (χ3n) is 5.30. The first kappa shape index (κ1) is 22.6. The van der Waals surface area contributed by atoms with Crippen molar-refractivity contribution in [1.29, 1.82) is 0 Å². The molecule has 9 nitrogen and oxygen atoms in total. The summed E-state index contributed by atoms with van der Waals surface area (Å²) in [5.41, 5.74) is 1.18. The van der Waals surface area contributed by atoms with Crippen LogP contribution in [0, 0.1) is 0 Å². The van der Waals surface area contributed by atoms with Crippen LogP contribution < -0.4 is 10.3 Å². The molecular weight excluding hydrogens is 446 g/mol. The number of H-pyrrole nitrogens is 2. The maximum absolute atomic E-state index is 13.2. The van der Waals surface area contributed by atoms with Crippen LogP contribution >= 0.6 is 0 Å². The van der Waals surface area contributed by atoms with Crippen LogP contribution in [0.2, 0.25) is 0 Å². The van der Waals surface area contributed by atoms with Gasteiger partial charge in [-0.1, -0.05) is 30.3 Å². The fourth-order valence-electron chi connectivity index (χ4n) is 3.59. The number of aromatic nitrogens is 2. The number of rotatable bonds is 7.